The topological polar surface area (TPSA) is 57.6 Å². The van der Waals surface area contributed by atoms with Crippen LogP contribution in [0.5, 0.6) is 0 Å². The van der Waals surface area contributed by atoms with Gasteiger partial charge in [0, 0.05) is 9.61 Å². The lowest BCUT2D eigenvalue weighted by Crippen LogP contribution is -2.50. The Morgan fingerprint density at radius 1 is 1.44 bits per heavy atom. The first-order chi connectivity index (χ1) is 8.50. The Kier molecular flexibility index (Phi) is 3.61. The summed E-state index contributed by atoms with van der Waals surface area (Å²) in [6, 6.07) is 7.31. The molecule has 4 nitrogen and oxygen atoms in total. The van der Waals surface area contributed by atoms with Gasteiger partial charge < -0.3 is 10.0 Å². The highest BCUT2D eigenvalue weighted by atomic mass is 127. The molecule has 0 aliphatic heterocycles. The smallest absolute Gasteiger partial charge is 0.334 e. The molecule has 1 unspecified atom stereocenters. The summed E-state index contributed by atoms with van der Waals surface area (Å²) in [7, 11) is 0. The van der Waals surface area contributed by atoms with Gasteiger partial charge in [0.1, 0.15) is 0 Å². The molecule has 0 aromatic heterocycles. The summed E-state index contributed by atoms with van der Waals surface area (Å²) in [4.78, 5) is 24.3. The first-order valence-electron chi connectivity index (χ1n) is 5.73. The largest absolute Gasteiger partial charge is 0.479 e. The van der Waals surface area contributed by atoms with Crippen LogP contribution in [-0.2, 0) is 15.1 Å². The zero-order valence-corrected chi connectivity index (χ0v) is 12.1. The van der Waals surface area contributed by atoms with Crippen molar-refractivity contribution < 1.29 is 14.7 Å². The van der Waals surface area contributed by atoms with E-state index in [1.54, 1.807) is 19.1 Å². The van der Waals surface area contributed by atoms with Crippen molar-refractivity contribution in [3.63, 3.8) is 0 Å². The van der Waals surface area contributed by atoms with Crippen LogP contribution in [0.3, 0.4) is 0 Å². The van der Waals surface area contributed by atoms with Gasteiger partial charge in [-0.25, -0.2) is 4.79 Å². The van der Waals surface area contributed by atoms with Crippen LogP contribution < -0.4 is 0 Å². The van der Waals surface area contributed by atoms with Crippen molar-refractivity contribution in [2.45, 2.75) is 31.3 Å². The minimum absolute atomic E-state index is 0.0582. The molecule has 1 N–H and O–H groups in total. The highest BCUT2D eigenvalue weighted by Crippen LogP contribution is 2.37. The Labute approximate surface area is 119 Å². The number of carboxylic acid groups (broad SMARTS) is 1. The van der Waals surface area contributed by atoms with E-state index in [0.29, 0.717) is 12.0 Å². The lowest BCUT2D eigenvalue weighted by molar-refractivity contribution is -0.155. The van der Waals surface area contributed by atoms with Gasteiger partial charge >= 0.3 is 5.97 Å². The monoisotopic (exact) mass is 359 g/mol. The minimum atomic E-state index is -1.28. The number of carbonyl (C=O) groups is 2. The predicted molar refractivity (Wildman–Crippen MR) is 75.1 cm³/mol. The molecule has 0 bridgehead atoms. The van der Waals surface area contributed by atoms with Gasteiger partial charge in [0.2, 0.25) is 6.41 Å². The summed E-state index contributed by atoms with van der Waals surface area (Å²) >= 11 is 2.16. The van der Waals surface area contributed by atoms with E-state index in [1.165, 1.54) is 4.90 Å². The first-order valence-corrected chi connectivity index (χ1v) is 6.81. The van der Waals surface area contributed by atoms with Crippen LogP contribution in [0.1, 0.15) is 25.3 Å². The second-order valence-corrected chi connectivity index (χ2v) is 5.87. The van der Waals surface area contributed by atoms with E-state index in [0.717, 1.165) is 16.4 Å². The van der Waals surface area contributed by atoms with Gasteiger partial charge in [0.15, 0.2) is 5.54 Å². The van der Waals surface area contributed by atoms with Crippen molar-refractivity contribution in [3.8, 4) is 0 Å². The minimum Gasteiger partial charge on any atom is -0.479 e. The van der Waals surface area contributed by atoms with E-state index in [9.17, 15) is 14.7 Å². The van der Waals surface area contributed by atoms with Gasteiger partial charge in [0.05, 0.1) is 0 Å². The molecule has 18 heavy (non-hydrogen) atoms. The average Bonchev–Trinajstić information content (AvgIpc) is 3.14. The number of hydrogen-bond donors (Lipinski definition) is 1. The van der Waals surface area contributed by atoms with E-state index < -0.39 is 11.5 Å². The number of carbonyl (C=O) groups excluding carboxylic acids is 1. The van der Waals surface area contributed by atoms with Crippen LogP contribution in [0.4, 0.5) is 0 Å². The molecule has 1 aromatic rings. The molecular formula is C13H14INO3. The summed E-state index contributed by atoms with van der Waals surface area (Å²) in [6.45, 7) is 1.59. The quantitative estimate of drug-likeness (QED) is 0.648. The number of aliphatic carboxylic acids is 1. The fraction of sp³-hybridized carbons (Fsp3) is 0.385. The second-order valence-electron chi connectivity index (χ2n) is 4.63. The molecule has 1 aliphatic rings. The van der Waals surface area contributed by atoms with Gasteiger partial charge in [-0.15, -0.1) is 0 Å². The first kappa shape index (κ1) is 13.3. The predicted octanol–water partition coefficient (Wildman–Crippen LogP) is 2.21. The third-order valence-corrected chi connectivity index (χ3v) is 4.11. The van der Waals surface area contributed by atoms with Crippen LogP contribution >= 0.6 is 22.6 Å². The van der Waals surface area contributed by atoms with Gasteiger partial charge in [-0.1, -0.05) is 12.1 Å². The van der Waals surface area contributed by atoms with E-state index in [1.807, 2.05) is 12.1 Å². The van der Waals surface area contributed by atoms with Crippen LogP contribution in [0.25, 0.3) is 0 Å². The van der Waals surface area contributed by atoms with Gasteiger partial charge in [-0.3, -0.25) is 4.79 Å². The van der Waals surface area contributed by atoms with E-state index >= 15 is 0 Å². The Bertz CT molecular complexity index is 470. The van der Waals surface area contributed by atoms with E-state index in [4.69, 9.17) is 0 Å². The summed E-state index contributed by atoms with van der Waals surface area (Å²) in [5, 5.41) is 9.53. The molecule has 1 saturated carbocycles. The number of carboxylic acids is 1. The number of benzene rings is 1. The molecule has 5 heteroatoms. The van der Waals surface area contributed by atoms with E-state index in [-0.39, 0.29) is 6.04 Å². The fourth-order valence-corrected chi connectivity index (χ4v) is 2.43. The Morgan fingerprint density at radius 2 is 2.00 bits per heavy atom. The number of hydrogen-bond acceptors (Lipinski definition) is 2. The third-order valence-electron chi connectivity index (χ3n) is 3.39. The Hall–Kier alpha value is -1.11. The van der Waals surface area contributed by atoms with Crippen LogP contribution in [0.15, 0.2) is 24.3 Å². The summed E-state index contributed by atoms with van der Waals surface area (Å²) < 4.78 is 1.04. The lowest BCUT2D eigenvalue weighted by Gasteiger charge is -2.35. The summed E-state index contributed by atoms with van der Waals surface area (Å²) in [6.07, 6.45) is 2.42. The van der Waals surface area contributed by atoms with Crippen molar-refractivity contribution in [3.05, 3.63) is 33.4 Å². The SMILES string of the molecule is CC(C(=O)O)(c1ccc(I)cc1)N(C=O)C1CC1. The van der Waals surface area contributed by atoms with Crippen molar-refractivity contribution in [2.75, 3.05) is 0 Å². The standard InChI is InChI=1S/C13H14INO3/c1-13(12(17)18,15(8-16)11-6-7-11)9-2-4-10(14)5-3-9/h2-5,8,11H,6-7H2,1H3,(H,17,18). The highest BCUT2D eigenvalue weighted by molar-refractivity contribution is 14.1. The van der Waals surface area contributed by atoms with Crippen molar-refractivity contribution >= 4 is 35.0 Å². The van der Waals surface area contributed by atoms with Crippen LogP contribution in [-0.4, -0.2) is 28.4 Å². The van der Waals surface area contributed by atoms with Crippen molar-refractivity contribution in [2.24, 2.45) is 0 Å². The van der Waals surface area contributed by atoms with Gasteiger partial charge in [-0.05, 0) is 60.1 Å². The maximum atomic E-state index is 11.6. The molecule has 1 amide bonds. The average molecular weight is 359 g/mol. The number of nitrogens with zero attached hydrogens (tertiary/aromatic N) is 1. The number of rotatable bonds is 5. The maximum absolute atomic E-state index is 11.6. The molecular weight excluding hydrogens is 345 g/mol. The van der Waals surface area contributed by atoms with E-state index in [2.05, 4.69) is 22.6 Å². The molecule has 0 radical (unpaired) electrons. The molecule has 1 atom stereocenters. The zero-order valence-electron chi connectivity index (χ0n) is 9.97. The van der Waals surface area contributed by atoms with Gasteiger partial charge in [0.25, 0.3) is 0 Å². The summed E-state index contributed by atoms with van der Waals surface area (Å²) in [5.74, 6) is -0.997. The van der Waals surface area contributed by atoms with Gasteiger partial charge in [-0.2, -0.15) is 0 Å². The molecule has 1 aliphatic carbocycles. The van der Waals surface area contributed by atoms with Crippen LogP contribution in [0, 0.1) is 3.57 Å². The zero-order chi connectivity index (χ0) is 13.3. The maximum Gasteiger partial charge on any atom is 0.334 e. The Morgan fingerprint density at radius 3 is 2.39 bits per heavy atom. The molecule has 0 spiro atoms. The van der Waals surface area contributed by atoms with Crippen molar-refractivity contribution in [1.29, 1.82) is 0 Å². The fourth-order valence-electron chi connectivity index (χ4n) is 2.07. The highest BCUT2D eigenvalue weighted by Gasteiger charge is 2.47. The number of halogens is 1. The van der Waals surface area contributed by atoms with Crippen LogP contribution in [0.2, 0.25) is 0 Å². The third kappa shape index (κ3) is 2.23. The molecule has 2 rings (SSSR count). The molecule has 0 heterocycles. The van der Waals surface area contributed by atoms with Crippen molar-refractivity contribution in [1.82, 2.24) is 4.90 Å². The number of amides is 1. The summed E-state index contributed by atoms with van der Waals surface area (Å²) in [5.41, 5.74) is -0.651. The molecule has 1 aromatic carbocycles. The lowest BCUT2D eigenvalue weighted by atomic mass is 9.90. The molecule has 0 saturated heterocycles. The molecule has 96 valence electrons. The normalized spacial score (nSPS) is 17.9. The Balaban J connectivity index is 2.45. The molecule has 1 fully saturated rings. The second kappa shape index (κ2) is 4.87.